The van der Waals surface area contributed by atoms with E-state index in [2.05, 4.69) is 5.10 Å². The molecule has 5 nitrogen and oxygen atoms in total. The fraction of sp³-hybridized carbons (Fsp3) is 0.750. The van der Waals surface area contributed by atoms with Crippen molar-refractivity contribution in [3.8, 4) is 0 Å². The highest BCUT2D eigenvalue weighted by Crippen LogP contribution is 2.33. The van der Waals surface area contributed by atoms with Gasteiger partial charge in [-0.25, -0.2) is 8.78 Å². The zero-order chi connectivity index (χ0) is 17.3. The van der Waals surface area contributed by atoms with Gasteiger partial charge in [-0.05, 0) is 25.2 Å². The van der Waals surface area contributed by atoms with Crippen LogP contribution in [0.3, 0.4) is 0 Å². The van der Waals surface area contributed by atoms with Crippen molar-refractivity contribution in [2.24, 2.45) is 13.0 Å². The molecule has 24 heavy (non-hydrogen) atoms. The van der Waals surface area contributed by atoms with Crippen LogP contribution < -0.4 is 0 Å². The van der Waals surface area contributed by atoms with E-state index in [1.165, 1.54) is 19.9 Å². The molecule has 0 spiro atoms. The van der Waals surface area contributed by atoms with E-state index in [-0.39, 0.29) is 16.8 Å². The van der Waals surface area contributed by atoms with Crippen LogP contribution in [0.1, 0.15) is 54.6 Å². The second-order valence-corrected chi connectivity index (χ2v) is 6.95. The number of ether oxygens (including phenoxy) is 1. The first-order valence-corrected chi connectivity index (χ1v) is 8.76. The van der Waals surface area contributed by atoms with Crippen LogP contribution in [0, 0.1) is 5.92 Å². The van der Waals surface area contributed by atoms with Crippen LogP contribution >= 0.6 is 11.6 Å². The molecule has 0 bridgehead atoms. The molecule has 3 rings (SSSR count). The molecule has 1 aromatic heterocycles. The van der Waals surface area contributed by atoms with Gasteiger partial charge >= 0.3 is 0 Å². The molecule has 1 aliphatic carbocycles. The number of rotatable bonds is 7. The largest absolute Gasteiger partial charge is 0.376 e. The van der Waals surface area contributed by atoms with Gasteiger partial charge in [-0.15, -0.1) is 0 Å². The maximum Gasteiger partial charge on any atom is 0.283 e. The maximum atomic E-state index is 13.2. The van der Waals surface area contributed by atoms with E-state index in [1.54, 1.807) is 4.90 Å². The standard InChI is InChI=1S/C16H22ClF2N3O2/c1-21-14(17)12(13(20-21)15(18)19)16(23)22(7-6-10-4-5-10)9-11-3-2-8-24-11/h10-11,15H,2-9H2,1H3. The zero-order valence-corrected chi connectivity index (χ0v) is 14.4. The number of nitrogens with zero attached hydrogens (tertiary/aromatic N) is 3. The van der Waals surface area contributed by atoms with E-state index in [0.717, 1.165) is 23.9 Å². The molecular weight excluding hydrogens is 340 g/mol. The number of carbonyl (C=O) groups is 1. The Kier molecular flexibility index (Phi) is 5.39. The topological polar surface area (TPSA) is 47.4 Å². The number of hydrogen-bond donors (Lipinski definition) is 0. The minimum absolute atomic E-state index is 0.0291. The highest BCUT2D eigenvalue weighted by atomic mass is 35.5. The SMILES string of the molecule is Cn1nc(C(F)F)c(C(=O)N(CCC2CC2)CC2CCCO2)c1Cl. The molecule has 8 heteroatoms. The third-order valence-corrected chi connectivity index (χ3v) is 5.10. The summed E-state index contributed by atoms with van der Waals surface area (Å²) in [6, 6.07) is 0. The van der Waals surface area contributed by atoms with Crippen molar-refractivity contribution >= 4 is 17.5 Å². The fourth-order valence-electron chi connectivity index (χ4n) is 3.09. The number of aryl methyl sites for hydroxylation is 1. The molecule has 2 aliphatic rings. The number of carbonyl (C=O) groups excluding carboxylic acids is 1. The van der Waals surface area contributed by atoms with Gasteiger partial charge in [-0.1, -0.05) is 24.4 Å². The summed E-state index contributed by atoms with van der Waals surface area (Å²) in [5, 5.41) is 3.67. The molecule has 0 radical (unpaired) electrons. The van der Waals surface area contributed by atoms with E-state index in [4.69, 9.17) is 16.3 Å². The first-order valence-electron chi connectivity index (χ1n) is 8.38. The Hall–Kier alpha value is -1.21. The van der Waals surface area contributed by atoms with Crippen molar-refractivity contribution in [2.45, 2.75) is 44.6 Å². The van der Waals surface area contributed by atoms with Gasteiger partial charge in [-0.2, -0.15) is 5.10 Å². The predicted molar refractivity (Wildman–Crippen MR) is 85.4 cm³/mol. The average molecular weight is 362 g/mol. The number of halogens is 3. The Labute approximate surface area is 144 Å². The Bertz CT molecular complexity index is 598. The first kappa shape index (κ1) is 17.6. The first-order chi connectivity index (χ1) is 11.5. The quantitative estimate of drug-likeness (QED) is 0.747. The summed E-state index contributed by atoms with van der Waals surface area (Å²) in [5.41, 5.74) is -0.723. The van der Waals surface area contributed by atoms with Crippen LogP contribution in [-0.4, -0.2) is 46.4 Å². The molecule has 0 aromatic carbocycles. The third-order valence-electron chi connectivity index (χ3n) is 4.66. The number of aromatic nitrogens is 2. The molecule has 1 amide bonds. The lowest BCUT2D eigenvalue weighted by atomic mass is 10.1. The van der Waals surface area contributed by atoms with Crippen LogP contribution in [-0.2, 0) is 11.8 Å². The Morgan fingerprint density at radius 1 is 1.46 bits per heavy atom. The van der Waals surface area contributed by atoms with Crippen molar-refractivity contribution in [3.63, 3.8) is 0 Å². The zero-order valence-electron chi connectivity index (χ0n) is 13.7. The summed E-state index contributed by atoms with van der Waals surface area (Å²) >= 11 is 6.08. The molecule has 1 atom stereocenters. The van der Waals surface area contributed by atoms with Gasteiger partial charge in [0, 0.05) is 26.7 Å². The normalized spacial score (nSPS) is 20.8. The summed E-state index contributed by atoms with van der Waals surface area (Å²) in [6.45, 7) is 1.64. The summed E-state index contributed by atoms with van der Waals surface area (Å²) in [5.74, 6) is 0.170. The lowest BCUT2D eigenvalue weighted by Gasteiger charge is -2.25. The smallest absolute Gasteiger partial charge is 0.283 e. The molecule has 134 valence electrons. The van der Waals surface area contributed by atoms with Crippen molar-refractivity contribution in [2.75, 3.05) is 19.7 Å². The van der Waals surface area contributed by atoms with Crippen molar-refractivity contribution in [3.05, 3.63) is 16.4 Å². The summed E-state index contributed by atoms with van der Waals surface area (Å²) in [7, 11) is 1.46. The van der Waals surface area contributed by atoms with E-state index >= 15 is 0 Å². The molecule has 2 heterocycles. The lowest BCUT2D eigenvalue weighted by Crippen LogP contribution is -2.38. The van der Waals surface area contributed by atoms with Gasteiger partial charge in [0.25, 0.3) is 12.3 Å². The van der Waals surface area contributed by atoms with E-state index in [9.17, 15) is 13.6 Å². The molecule has 1 unspecified atom stereocenters. The van der Waals surface area contributed by atoms with E-state index in [0.29, 0.717) is 25.6 Å². The van der Waals surface area contributed by atoms with Crippen LogP contribution in [0.15, 0.2) is 0 Å². The molecule has 1 aromatic rings. The minimum Gasteiger partial charge on any atom is -0.376 e. The monoisotopic (exact) mass is 361 g/mol. The van der Waals surface area contributed by atoms with Gasteiger partial charge in [0.2, 0.25) is 0 Å². The van der Waals surface area contributed by atoms with Crippen molar-refractivity contribution in [1.82, 2.24) is 14.7 Å². The highest BCUT2D eigenvalue weighted by molar-refractivity contribution is 6.33. The molecular formula is C16H22ClF2N3O2. The van der Waals surface area contributed by atoms with Crippen LogP contribution in [0.25, 0.3) is 0 Å². The van der Waals surface area contributed by atoms with Crippen molar-refractivity contribution < 1.29 is 18.3 Å². The van der Waals surface area contributed by atoms with Gasteiger partial charge in [0.15, 0.2) is 0 Å². The molecule has 1 saturated heterocycles. The fourth-order valence-corrected chi connectivity index (χ4v) is 3.30. The van der Waals surface area contributed by atoms with Gasteiger partial charge < -0.3 is 9.64 Å². The molecule has 2 fully saturated rings. The lowest BCUT2D eigenvalue weighted by molar-refractivity contribution is 0.0513. The number of amides is 1. The van der Waals surface area contributed by atoms with E-state index in [1.807, 2.05) is 0 Å². The summed E-state index contributed by atoms with van der Waals surface area (Å²) < 4.78 is 33.2. The molecule has 1 aliphatic heterocycles. The summed E-state index contributed by atoms with van der Waals surface area (Å²) in [6.07, 6.45) is 2.23. The Balaban J connectivity index is 1.80. The van der Waals surface area contributed by atoms with Gasteiger partial charge in [-0.3, -0.25) is 9.48 Å². The summed E-state index contributed by atoms with van der Waals surface area (Å²) in [4.78, 5) is 14.5. The van der Waals surface area contributed by atoms with Crippen LogP contribution in [0.5, 0.6) is 0 Å². The number of hydrogen-bond acceptors (Lipinski definition) is 3. The third kappa shape index (κ3) is 3.88. The Morgan fingerprint density at radius 2 is 2.21 bits per heavy atom. The van der Waals surface area contributed by atoms with Crippen LogP contribution in [0.4, 0.5) is 8.78 Å². The highest BCUT2D eigenvalue weighted by Gasteiger charge is 2.33. The predicted octanol–water partition coefficient (Wildman–Crippen LogP) is 3.43. The maximum absolute atomic E-state index is 13.2. The molecule has 0 N–H and O–H groups in total. The average Bonchev–Trinajstić information content (AvgIpc) is 3.14. The second-order valence-electron chi connectivity index (χ2n) is 6.59. The van der Waals surface area contributed by atoms with Gasteiger partial charge in [0.1, 0.15) is 16.4 Å². The van der Waals surface area contributed by atoms with Crippen molar-refractivity contribution in [1.29, 1.82) is 0 Å². The minimum atomic E-state index is -2.84. The van der Waals surface area contributed by atoms with Gasteiger partial charge in [0.05, 0.1) is 6.10 Å². The van der Waals surface area contributed by atoms with Crippen LogP contribution in [0.2, 0.25) is 5.15 Å². The number of alkyl halides is 2. The molecule has 1 saturated carbocycles. The second kappa shape index (κ2) is 7.35. The van der Waals surface area contributed by atoms with E-state index < -0.39 is 18.0 Å². The Morgan fingerprint density at radius 3 is 2.79 bits per heavy atom.